The van der Waals surface area contributed by atoms with Gasteiger partial charge in [-0.05, 0) is 35.7 Å². The first-order chi connectivity index (χ1) is 14.0. The van der Waals surface area contributed by atoms with Crippen LogP contribution in [0.1, 0.15) is 42.1 Å². The van der Waals surface area contributed by atoms with E-state index in [0.29, 0.717) is 31.1 Å². The minimum atomic E-state index is -0.380. The van der Waals surface area contributed by atoms with E-state index >= 15 is 0 Å². The van der Waals surface area contributed by atoms with Gasteiger partial charge in [0.2, 0.25) is 11.8 Å². The van der Waals surface area contributed by atoms with E-state index in [1.54, 1.807) is 29.2 Å². The molecule has 0 unspecified atom stereocenters. The second kappa shape index (κ2) is 9.37. The Bertz CT molecular complexity index is 880. The Hall–Kier alpha value is -3.15. The smallest absolute Gasteiger partial charge is 0.251 e. The average molecular weight is 393 g/mol. The number of benzene rings is 2. The van der Waals surface area contributed by atoms with Crippen LogP contribution >= 0.6 is 0 Å². The number of nitrogens with zero attached hydrogens (tertiary/aromatic N) is 1. The van der Waals surface area contributed by atoms with E-state index in [1.165, 1.54) is 0 Å². The molecule has 1 aliphatic heterocycles. The van der Waals surface area contributed by atoms with Crippen LogP contribution in [0.25, 0.3) is 0 Å². The minimum absolute atomic E-state index is 0.0385. The van der Waals surface area contributed by atoms with Gasteiger partial charge in [0.15, 0.2) is 0 Å². The van der Waals surface area contributed by atoms with Gasteiger partial charge in [0.1, 0.15) is 0 Å². The highest BCUT2D eigenvalue weighted by Gasteiger charge is 2.35. The van der Waals surface area contributed by atoms with Gasteiger partial charge in [0.05, 0.1) is 5.92 Å². The largest absolute Gasteiger partial charge is 0.354 e. The highest BCUT2D eigenvalue weighted by atomic mass is 16.2. The van der Waals surface area contributed by atoms with Gasteiger partial charge in [0, 0.05) is 37.3 Å². The van der Waals surface area contributed by atoms with Crippen molar-refractivity contribution >= 4 is 23.4 Å². The minimum Gasteiger partial charge on any atom is -0.354 e. The lowest BCUT2D eigenvalue weighted by molar-refractivity contribution is -0.126. The van der Waals surface area contributed by atoms with Crippen molar-refractivity contribution < 1.29 is 14.4 Å². The normalized spacial score (nSPS) is 16.2. The summed E-state index contributed by atoms with van der Waals surface area (Å²) in [5.41, 5.74) is 2.59. The third kappa shape index (κ3) is 5.22. The maximum absolute atomic E-state index is 12.5. The molecule has 1 heterocycles. The number of anilines is 1. The van der Waals surface area contributed by atoms with E-state index in [4.69, 9.17) is 0 Å². The van der Waals surface area contributed by atoms with Crippen molar-refractivity contribution in [1.29, 1.82) is 0 Å². The molecule has 2 aromatic carbocycles. The van der Waals surface area contributed by atoms with Crippen LogP contribution in [0.4, 0.5) is 5.69 Å². The van der Waals surface area contributed by atoms with Gasteiger partial charge in [-0.2, -0.15) is 0 Å². The molecular weight excluding hydrogens is 366 g/mol. The van der Waals surface area contributed by atoms with Gasteiger partial charge in [0.25, 0.3) is 5.91 Å². The highest BCUT2D eigenvalue weighted by Crippen LogP contribution is 2.27. The van der Waals surface area contributed by atoms with Crippen molar-refractivity contribution in [3.8, 4) is 0 Å². The number of hydrogen-bond acceptors (Lipinski definition) is 3. The first kappa shape index (κ1) is 20.6. The molecule has 0 saturated carbocycles. The fourth-order valence-corrected chi connectivity index (χ4v) is 3.38. The molecule has 1 saturated heterocycles. The maximum Gasteiger partial charge on any atom is 0.251 e. The summed E-state index contributed by atoms with van der Waals surface area (Å²) in [5, 5.41) is 5.60. The van der Waals surface area contributed by atoms with Gasteiger partial charge in [-0.3, -0.25) is 14.4 Å². The molecule has 0 aliphatic carbocycles. The second-order valence-corrected chi connectivity index (χ2v) is 7.57. The quantitative estimate of drug-likeness (QED) is 0.710. The van der Waals surface area contributed by atoms with Crippen molar-refractivity contribution in [2.24, 2.45) is 5.92 Å². The fraction of sp³-hybridized carbons (Fsp3) is 0.348. The van der Waals surface area contributed by atoms with E-state index < -0.39 is 0 Å². The number of hydrogen-bond donors (Lipinski definition) is 2. The zero-order valence-electron chi connectivity index (χ0n) is 16.9. The van der Waals surface area contributed by atoms with E-state index in [1.807, 2.05) is 30.3 Å². The first-order valence-corrected chi connectivity index (χ1v) is 9.97. The summed E-state index contributed by atoms with van der Waals surface area (Å²) in [6, 6.07) is 16.8. The molecule has 1 aliphatic rings. The Morgan fingerprint density at radius 3 is 2.48 bits per heavy atom. The van der Waals surface area contributed by atoms with Gasteiger partial charge < -0.3 is 15.5 Å². The molecule has 6 heteroatoms. The lowest BCUT2D eigenvalue weighted by Crippen LogP contribution is -2.38. The Balaban J connectivity index is 1.48. The summed E-state index contributed by atoms with van der Waals surface area (Å²) in [7, 11) is 0. The van der Waals surface area contributed by atoms with E-state index in [9.17, 15) is 14.4 Å². The molecule has 6 nitrogen and oxygen atoms in total. The Morgan fingerprint density at radius 2 is 1.76 bits per heavy atom. The van der Waals surface area contributed by atoms with Crippen molar-refractivity contribution in [3.05, 3.63) is 65.7 Å². The van der Waals surface area contributed by atoms with Gasteiger partial charge in [-0.25, -0.2) is 0 Å². The van der Waals surface area contributed by atoms with Crippen molar-refractivity contribution in [2.75, 3.05) is 24.5 Å². The SMILES string of the molecule is CC(C)c1cccc(N2C[C@H](C(=O)NCCNC(=O)c3ccccc3)CC2=O)c1. The van der Waals surface area contributed by atoms with Crippen LogP contribution in [0, 0.1) is 5.92 Å². The fourth-order valence-electron chi connectivity index (χ4n) is 3.38. The lowest BCUT2D eigenvalue weighted by Gasteiger charge is -2.18. The first-order valence-electron chi connectivity index (χ1n) is 9.97. The molecule has 1 fully saturated rings. The zero-order chi connectivity index (χ0) is 20.8. The highest BCUT2D eigenvalue weighted by molar-refractivity contribution is 6.00. The monoisotopic (exact) mass is 393 g/mol. The summed E-state index contributed by atoms with van der Waals surface area (Å²) in [4.78, 5) is 38.6. The molecule has 0 bridgehead atoms. The van der Waals surface area contributed by atoms with Gasteiger partial charge >= 0.3 is 0 Å². The summed E-state index contributed by atoms with van der Waals surface area (Å²) < 4.78 is 0. The third-order valence-electron chi connectivity index (χ3n) is 5.09. The van der Waals surface area contributed by atoms with Crippen LogP contribution in [0.3, 0.4) is 0 Å². The topological polar surface area (TPSA) is 78.5 Å². The molecule has 1 atom stereocenters. The van der Waals surface area contributed by atoms with Crippen LogP contribution in [0.2, 0.25) is 0 Å². The van der Waals surface area contributed by atoms with Gasteiger partial charge in [-0.15, -0.1) is 0 Å². The summed E-state index contributed by atoms with van der Waals surface area (Å²) in [5.74, 6) is -0.377. The van der Waals surface area contributed by atoms with Crippen LogP contribution in [-0.2, 0) is 9.59 Å². The molecule has 0 spiro atoms. The molecule has 2 N–H and O–H groups in total. The standard InChI is InChI=1S/C23H27N3O3/c1-16(2)18-9-6-10-20(13-18)26-15-19(14-21(26)27)23(29)25-12-11-24-22(28)17-7-4-3-5-8-17/h3-10,13,16,19H,11-12,14-15H2,1-2H3,(H,24,28)(H,25,29)/t19-/m1/s1. The number of carbonyl (C=O) groups excluding carboxylic acids is 3. The predicted molar refractivity (Wildman–Crippen MR) is 113 cm³/mol. The number of nitrogens with one attached hydrogen (secondary N) is 2. The Kier molecular flexibility index (Phi) is 6.65. The van der Waals surface area contributed by atoms with Crippen molar-refractivity contribution in [2.45, 2.75) is 26.2 Å². The molecule has 29 heavy (non-hydrogen) atoms. The van der Waals surface area contributed by atoms with E-state index in [2.05, 4.69) is 24.5 Å². The predicted octanol–water partition coefficient (Wildman–Crippen LogP) is 2.71. The van der Waals surface area contributed by atoms with E-state index in [0.717, 1.165) is 11.3 Å². The molecule has 2 aromatic rings. The Morgan fingerprint density at radius 1 is 1.03 bits per heavy atom. The zero-order valence-corrected chi connectivity index (χ0v) is 16.9. The Labute approximate surface area is 171 Å². The number of carbonyl (C=O) groups is 3. The number of amides is 3. The number of rotatable bonds is 7. The van der Waals surface area contributed by atoms with Crippen molar-refractivity contribution in [3.63, 3.8) is 0 Å². The second-order valence-electron chi connectivity index (χ2n) is 7.57. The maximum atomic E-state index is 12.5. The molecular formula is C23H27N3O3. The van der Waals surface area contributed by atoms with Crippen LogP contribution in [0.15, 0.2) is 54.6 Å². The summed E-state index contributed by atoms with van der Waals surface area (Å²) >= 11 is 0. The molecule has 0 radical (unpaired) electrons. The van der Waals surface area contributed by atoms with Crippen molar-refractivity contribution in [1.82, 2.24) is 10.6 Å². The van der Waals surface area contributed by atoms with Crippen LogP contribution < -0.4 is 15.5 Å². The molecule has 3 rings (SSSR count). The molecule has 3 amide bonds. The summed E-state index contributed by atoms with van der Waals surface area (Å²) in [6.45, 7) is 5.25. The average Bonchev–Trinajstić information content (AvgIpc) is 3.13. The summed E-state index contributed by atoms with van der Waals surface area (Å²) in [6.07, 6.45) is 0.202. The third-order valence-corrected chi connectivity index (χ3v) is 5.09. The van der Waals surface area contributed by atoms with Crippen LogP contribution in [0.5, 0.6) is 0 Å². The lowest BCUT2D eigenvalue weighted by atomic mass is 10.0. The van der Waals surface area contributed by atoms with E-state index in [-0.39, 0.29) is 30.1 Å². The van der Waals surface area contributed by atoms with Gasteiger partial charge in [-0.1, -0.05) is 44.2 Å². The van der Waals surface area contributed by atoms with Crippen LogP contribution in [-0.4, -0.2) is 37.4 Å². The molecule has 152 valence electrons. The molecule has 0 aromatic heterocycles.